The summed E-state index contributed by atoms with van der Waals surface area (Å²) < 4.78 is 28.3. The highest BCUT2D eigenvalue weighted by Gasteiger charge is 2.10. The van der Waals surface area contributed by atoms with E-state index in [2.05, 4.69) is 15.6 Å². The molecule has 2 unspecified atom stereocenters. The number of halogens is 2. The van der Waals surface area contributed by atoms with E-state index in [0.29, 0.717) is 23.9 Å². The molecule has 0 radical (unpaired) electrons. The van der Waals surface area contributed by atoms with Gasteiger partial charge in [0.05, 0.1) is 12.3 Å². The zero-order valence-electron chi connectivity index (χ0n) is 15.7. The van der Waals surface area contributed by atoms with Crippen molar-refractivity contribution in [2.45, 2.75) is 39.3 Å². The number of benzene rings is 1. The lowest BCUT2D eigenvalue weighted by Crippen LogP contribution is -2.43. The molecule has 6 nitrogen and oxygen atoms in total. The second-order valence-electron chi connectivity index (χ2n) is 6.07. The summed E-state index contributed by atoms with van der Waals surface area (Å²) in [4.78, 5) is 4.51. The Bertz CT molecular complexity index is 654. The Morgan fingerprint density at radius 2 is 1.88 bits per heavy atom. The molecule has 1 rings (SSSR count). The quantitative estimate of drug-likeness (QED) is 0.299. The lowest BCUT2D eigenvalue weighted by molar-refractivity contribution is 0.230. The number of hydrogen-bond donors (Lipinski definition) is 2. The standard InChI is InChI=1S/C17H28ClN3O3S.HI/c1-5-19-17(21-13(2)10-11-25(4,22)23)20-12-14(3)24-16-8-6-15(18)7-9-16;/h6-9,13-14H,5,10-12H2,1-4H3,(H2,19,20,21);1H. The molecular formula is C17H29ClIN3O3S. The highest BCUT2D eigenvalue weighted by Crippen LogP contribution is 2.16. The van der Waals surface area contributed by atoms with Crippen molar-refractivity contribution in [3.05, 3.63) is 29.3 Å². The third-order valence-corrected chi connectivity index (χ3v) is 4.54. The number of guanidine groups is 1. The molecule has 0 saturated heterocycles. The highest BCUT2D eigenvalue weighted by atomic mass is 127. The van der Waals surface area contributed by atoms with Crippen LogP contribution >= 0.6 is 35.6 Å². The fraction of sp³-hybridized carbons (Fsp3) is 0.588. The molecule has 0 aliphatic rings. The van der Waals surface area contributed by atoms with Crippen molar-refractivity contribution in [2.75, 3.05) is 25.1 Å². The second-order valence-corrected chi connectivity index (χ2v) is 8.76. The Balaban J connectivity index is 0.00000625. The van der Waals surface area contributed by atoms with Crippen LogP contribution in [0.5, 0.6) is 5.75 Å². The van der Waals surface area contributed by atoms with Gasteiger partial charge in [-0.15, -0.1) is 24.0 Å². The Hall–Kier alpha value is -0.740. The van der Waals surface area contributed by atoms with E-state index in [9.17, 15) is 8.42 Å². The van der Waals surface area contributed by atoms with Gasteiger partial charge in [-0.3, -0.25) is 0 Å². The third-order valence-electron chi connectivity index (χ3n) is 3.31. The van der Waals surface area contributed by atoms with E-state index in [0.717, 1.165) is 12.3 Å². The van der Waals surface area contributed by atoms with E-state index in [1.165, 1.54) is 6.26 Å². The largest absolute Gasteiger partial charge is 0.489 e. The topological polar surface area (TPSA) is 79.8 Å². The van der Waals surface area contributed by atoms with Gasteiger partial charge < -0.3 is 15.4 Å². The van der Waals surface area contributed by atoms with Gasteiger partial charge in [-0.25, -0.2) is 13.4 Å². The minimum atomic E-state index is -2.96. The van der Waals surface area contributed by atoms with Crippen LogP contribution in [0.15, 0.2) is 29.3 Å². The molecule has 1 aromatic rings. The average molecular weight is 518 g/mol. The molecule has 0 aliphatic carbocycles. The number of nitrogens with zero attached hydrogens (tertiary/aromatic N) is 1. The third kappa shape index (κ3) is 11.8. The van der Waals surface area contributed by atoms with Crippen LogP contribution in [-0.4, -0.2) is 51.6 Å². The molecule has 0 bridgehead atoms. The maximum Gasteiger partial charge on any atom is 0.191 e. The van der Waals surface area contributed by atoms with Crippen LogP contribution in [0.4, 0.5) is 0 Å². The predicted molar refractivity (Wildman–Crippen MR) is 120 cm³/mol. The van der Waals surface area contributed by atoms with E-state index in [1.54, 1.807) is 12.1 Å². The van der Waals surface area contributed by atoms with Crippen molar-refractivity contribution in [1.82, 2.24) is 10.6 Å². The first-order chi connectivity index (χ1) is 11.7. The summed E-state index contributed by atoms with van der Waals surface area (Å²) in [6.45, 7) is 7.04. The fourth-order valence-corrected chi connectivity index (χ4v) is 2.93. The first-order valence-corrected chi connectivity index (χ1v) is 10.8. The van der Waals surface area contributed by atoms with Crippen LogP contribution in [0.25, 0.3) is 0 Å². The number of nitrogens with one attached hydrogen (secondary N) is 2. The van der Waals surface area contributed by atoms with Crippen LogP contribution in [0.3, 0.4) is 0 Å². The molecule has 0 saturated carbocycles. The van der Waals surface area contributed by atoms with Gasteiger partial charge in [0.25, 0.3) is 0 Å². The highest BCUT2D eigenvalue weighted by molar-refractivity contribution is 14.0. The average Bonchev–Trinajstić information content (AvgIpc) is 2.52. The molecule has 2 N–H and O–H groups in total. The van der Waals surface area contributed by atoms with E-state index in [-0.39, 0.29) is 41.9 Å². The van der Waals surface area contributed by atoms with Gasteiger partial charge in [0.15, 0.2) is 5.96 Å². The van der Waals surface area contributed by atoms with Crippen LogP contribution in [0.2, 0.25) is 5.02 Å². The van der Waals surface area contributed by atoms with Crippen LogP contribution < -0.4 is 15.4 Å². The first-order valence-electron chi connectivity index (χ1n) is 8.34. The van der Waals surface area contributed by atoms with Crippen molar-refractivity contribution < 1.29 is 13.2 Å². The maximum absolute atomic E-state index is 11.3. The van der Waals surface area contributed by atoms with E-state index in [4.69, 9.17) is 16.3 Å². The van der Waals surface area contributed by atoms with Gasteiger partial charge in [0.2, 0.25) is 0 Å². The SMILES string of the molecule is CCNC(=NCC(C)Oc1ccc(Cl)cc1)NC(C)CCS(C)(=O)=O.I. The second kappa shape index (κ2) is 12.6. The van der Waals surface area contributed by atoms with E-state index >= 15 is 0 Å². The summed E-state index contributed by atoms with van der Waals surface area (Å²) in [7, 11) is -2.96. The number of rotatable bonds is 9. The normalized spacial score (nSPS) is 14.1. The molecule has 0 fully saturated rings. The van der Waals surface area contributed by atoms with Gasteiger partial charge in [0.1, 0.15) is 21.7 Å². The van der Waals surface area contributed by atoms with Crippen LogP contribution in [0.1, 0.15) is 27.2 Å². The summed E-state index contributed by atoms with van der Waals surface area (Å²) in [6, 6.07) is 7.20. The molecule has 0 amide bonds. The van der Waals surface area contributed by atoms with Crippen molar-refractivity contribution >= 4 is 51.4 Å². The van der Waals surface area contributed by atoms with Gasteiger partial charge in [0, 0.05) is 23.9 Å². The van der Waals surface area contributed by atoms with Gasteiger partial charge in [-0.05, 0) is 51.5 Å². The zero-order valence-corrected chi connectivity index (χ0v) is 19.6. The molecule has 0 aromatic heterocycles. The van der Waals surface area contributed by atoms with E-state index < -0.39 is 9.84 Å². The number of ether oxygens (including phenoxy) is 1. The summed E-state index contributed by atoms with van der Waals surface area (Å²) in [5.41, 5.74) is 0. The lowest BCUT2D eigenvalue weighted by atomic mass is 10.3. The fourth-order valence-electron chi connectivity index (χ4n) is 2.02. The van der Waals surface area contributed by atoms with Crippen molar-refractivity contribution in [3.8, 4) is 5.75 Å². The Morgan fingerprint density at radius 1 is 1.27 bits per heavy atom. The molecule has 0 spiro atoms. The first kappa shape index (κ1) is 25.3. The molecule has 9 heteroatoms. The van der Waals surface area contributed by atoms with Crippen molar-refractivity contribution in [1.29, 1.82) is 0 Å². The summed E-state index contributed by atoms with van der Waals surface area (Å²) >= 11 is 5.86. The number of hydrogen-bond acceptors (Lipinski definition) is 4. The van der Waals surface area contributed by atoms with Crippen LogP contribution in [-0.2, 0) is 9.84 Å². The molecule has 0 aliphatic heterocycles. The van der Waals surface area contributed by atoms with E-state index in [1.807, 2.05) is 32.9 Å². The minimum absolute atomic E-state index is 0. The monoisotopic (exact) mass is 517 g/mol. The predicted octanol–water partition coefficient (Wildman–Crippen LogP) is 3.10. The van der Waals surface area contributed by atoms with Gasteiger partial charge in [-0.1, -0.05) is 11.6 Å². The lowest BCUT2D eigenvalue weighted by Gasteiger charge is -2.19. The van der Waals surface area contributed by atoms with Gasteiger partial charge >= 0.3 is 0 Å². The van der Waals surface area contributed by atoms with Crippen molar-refractivity contribution in [2.24, 2.45) is 4.99 Å². The molecule has 0 heterocycles. The molecule has 150 valence electrons. The molecule has 2 atom stereocenters. The summed E-state index contributed by atoms with van der Waals surface area (Å²) in [5.74, 6) is 1.54. The molecular weight excluding hydrogens is 489 g/mol. The summed E-state index contributed by atoms with van der Waals surface area (Å²) in [5, 5.41) is 7.04. The molecule has 26 heavy (non-hydrogen) atoms. The maximum atomic E-state index is 11.3. The van der Waals surface area contributed by atoms with Gasteiger partial charge in [-0.2, -0.15) is 0 Å². The van der Waals surface area contributed by atoms with Crippen molar-refractivity contribution in [3.63, 3.8) is 0 Å². The summed E-state index contributed by atoms with van der Waals surface area (Å²) in [6.07, 6.45) is 1.66. The minimum Gasteiger partial charge on any atom is -0.489 e. The zero-order chi connectivity index (χ0) is 18.9. The number of sulfone groups is 1. The number of aliphatic imine (C=N–C) groups is 1. The Morgan fingerprint density at radius 3 is 2.42 bits per heavy atom. The Kier molecular flexibility index (Phi) is 12.3. The molecule has 1 aromatic carbocycles. The smallest absolute Gasteiger partial charge is 0.191 e. The Labute approximate surface area is 179 Å². The van der Waals surface area contributed by atoms with Crippen LogP contribution in [0, 0.1) is 0 Å².